The Hall–Kier alpha value is -3.87. The quantitative estimate of drug-likeness (QED) is 0.260. The number of imide groups is 1. The molecule has 0 atom stereocenters. The fraction of sp³-hybridized carbons (Fsp3) is 0.154. The number of nitrogens with zero attached hydrogens (tertiary/aromatic N) is 1. The van der Waals surface area contributed by atoms with Crippen molar-refractivity contribution in [1.82, 2.24) is 4.90 Å². The molecule has 0 bridgehead atoms. The van der Waals surface area contributed by atoms with Gasteiger partial charge in [-0.15, -0.1) is 0 Å². The third-order valence-corrected chi connectivity index (χ3v) is 8.28. The van der Waals surface area contributed by atoms with E-state index in [1.54, 1.807) is 18.2 Å². The maximum absolute atomic E-state index is 13.1. The third kappa shape index (κ3) is 5.49. The summed E-state index contributed by atoms with van der Waals surface area (Å²) in [7, 11) is -1.32. The number of fused-ring (bicyclic) bond motifs is 1. The molecule has 3 aromatic carbocycles. The first kappa shape index (κ1) is 26.7. The van der Waals surface area contributed by atoms with Crippen molar-refractivity contribution in [3.05, 3.63) is 75.7 Å². The van der Waals surface area contributed by atoms with E-state index in [-0.39, 0.29) is 34.6 Å². The zero-order chi connectivity index (χ0) is 27.7. The molecule has 1 saturated heterocycles. The number of halogens is 1. The Morgan fingerprint density at radius 2 is 1.69 bits per heavy atom. The first-order chi connectivity index (χ1) is 18.7. The molecule has 13 heteroatoms. The first-order valence-electron chi connectivity index (χ1n) is 11.3. The average Bonchev–Trinajstić information content (AvgIpc) is 3.48. The number of carbonyl (C=O) groups excluding carboxylic acids is 2. The van der Waals surface area contributed by atoms with E-state index in [0.29, 0.717) is 33.4 Å². The second-order valence-corrected chi connectivity index (χ2v) is 11.1. The van der Waals surface area contributed by atoms with E-state index in [9.17, 15) is 18.0 Å². The summed E-state index contributed by atoms with van der Waals surface area (Å²) < 4.78 is 51.8. The molecule has 0 N–H and O–H groups in total. The minimum atomic E-state index is -4.15. The summed E-state index contributed by atoms with van der Waals surface area (Å²) in [5, 5.41) is -0.121. The predicted molar refractivity (Wildman–Crippen MR) is 143 cm³/mol. The molecule has 1 fully saturated rings. The summed E-state index contributed by atoms with van der Waals surface area (Å²) in [6, 6.07) is 13.4. The molecule has 0 aromatic heterocycles. The molecule has 2 amide bonds. The van der Waals surface area contributed by atoms with Crippen LogP contribution in [0.5, 0.6) is 28.7 Å². The van der Waals surface area contributed by atoms with E-state index < -0.39 is 21.3 Å². The number of methoxy groups -OCH3 is 2. The number of benzene rings is 3. The molecule has 2 aliphatic heterocycles. The third-order valence-electron chi connectivity index (χ3n) is 5.78. The van der Waals surface area contributed by atoms with Gasteiger partial charge in [0.15, 0.2) is 23.0 Å². The van der Waals surface area contributed by atoms with Crippen LogP contribution in [0.25, 0.3) is 6.08 Å². The van der Waals surface area contributed by atoms with E-state index in [1.165, 1.54) is 56.7 Å². The number of ether oxygens (including phenoxy) is 4. The van der Waals surface area contributed by atoms with Gasteiger partial charge in [0.2, 0.25) is 6.79 Å². The summed E-state index contributed by atoms with van der Waals surface area (Å²) in [4.78, 5) is 26.9. The summed E-state index contributed by atoms with van der Waals surface area (Å²) in [5.74, 6) is 1.05. The van der Waals surface area contributed by atoms with Crippen LogP contribution in [0.2, 0.25) is 5.02 Å². The van der Waals surface area contributed by atoms with Gasteiger partial charge in [0, 0.05) is 11.1 Å². The number of hydrogen-bond donors (Lipinski definition) is 0. The Morgan fingerprint density at radius 3 is 2.38 bits per heavy atom. The van der Waals surface area contributed by atoms with Crippen LogP contribution in [0.15, 0.2) is 64.4 Å². The van der Waals surface area contributed by atoms with Crippen LogP contribution >= 0.6 is 23.4 Å². The molecule has 3 aromatic rings. The zero-order valence-electron chi connectivity index (χ0n) is 20.5. The van der Waals surface area contributed by atoms with Gasteiger partial charge in [0.25, 0.3) is 11.1 Å². The smallest absolute Gasteiger partial charge is 0.339 e. The number of amides is 2. The van der Waals surface area contributed by atoms with E-state index in [4.69, 9.17) is 34.7 Å². The molecule has 0 radical (unpaired) electrons. The van der Waals surface area contributed by atoms with E-state index >= 15 is 0 Å². The van der Waals surface area contributed by atoms with Gasteiger partial charge < -0.3 is 23.1 Å². The number of hydrogen-bond acceptors (Lipinski definition) is 10. The fourth-order valence-electron chi connectivity index (χ4n) is 3.79. The summed E-state index contributed by atoms with van der Waals surface area (Å²) in [6.07, 6.45) is 1.51. The van der Waals surface area contributed by atoms with Gasteiger partial charge in [-0.05, 0) is 71.4 Å². The lowest BCUT2D eigenvalue weighted by molar-refractivity contribution is -0.123. The highest BCUT2D eigenvalue weighted by atomic mass is 35.5. The van der Waals surface area contributed by atoms with Crippen LogP contribution < -0.4 is 23.1 Å². The topological polar surface area (TPSA) is 118 Å². The average molecular weight is 590 g/mol. The summed E-state index contributed by atoms with van der Waals surface area (Å²) >= 11 is 7.09. The van der Waals surface area contributed by atoms with Gasteiger partial charge in [0.1, 0.15) is 10.6 Å². The van der Waals surface area contributed by atoms with Crippen molar-refractivity contribution in [1.29, 1.82) is 0 Å². The van der Waals surface area contributed by atoms with Gasteiger partial charge in [0.05, 0.1) is 25.7 Å². The predicted octanol–water partition coefficient (Wildman–Crippen LogP) is 5.09. The molecule has 0 saturated carbocycles. The standard InChI is InChI=1S/C26H20ClNO9S2/c1-33-17-4-6-18(7-5-17)39(31,32)37-20-8-3-15(9-21(20)34-2)10-24-25(29)28(26(30)38-24)13-16-11-22-23(12-19(16)27)36-14-35-22/h3-12H,13-14H2,1-2H3/b24-10-. The minimum absolute atomic E-state index is 0.0448. The van der Waals surface area contributed by atoms with Gasteiger partial charge in [-0.1, -0.05) is 17.7 Å². The molecule has 0 unspecified atom stereocenters. The van der Waals surface area contributed by atoms with Crippen LogP contribution in [0, 0.1) is 0 Å². The number of rotatable bonds is 8. The Labute approximate surface area is 233 Å². The van der Waals surface area contributed by atoms with E-state index in [0.717, 1.165) is 16.7 Å². The Morgan fingerprint density at radius 1 is 0.974 bits per heavy atom. The molecule has 0 spiro atoms. The lowest BCUT2D eigenvalue weighted by Crippen LogP contribution is -2.27. The highest BCUT2D eigenvalue weighted by Gasteiger charge is 2.36. The van der Waals surface area contributed by atoms with Crippen molar-refractivity contribution in [2.24, 2.45) is 0 Å². The van der Waals surface area contributed by atoms with Gasteiger partial charge >= 0.3 is 10.1 Å². The molecule has 0 aliphatic carbocycles. The molecule has 10 nitrogen and oxygen atoms in total. The van der Waals surface area contributed by atoms with Crippen molar-refractivity contribution in [2.75, 3.05) is 21.0 Å². The normalized spacial score (nSPS) is 15.7. The van der Waals surface area contributed by atoms with Crippen LogP contribution in [-0.2, 0) is 21.5 Å². The van der Waals surface area contributed by atoms with Gasteiger partial charge in [-0.25, -0.2) is 0 Å². The Kier molecular flexibility index (Phi) is 7.34. The fourth-order valence-corrected chi connectivity index (χ4v) is 5.78. The Balaban J connectivity index is 1.34. The van der Waals surface area contributed by atoms with Gasteiger partial charge in [-0.3, -0.25) is 14.5 Å². The largest absolute Gasteiger partial charge is 0.497 e. The monoisotopic (exact) mass is 589 g/mol. The van der Waals surface area contributed by atoms with Gasteiger partial charge in [-0.2, -0.15) is 8.42 Å². The molecule has 39 heavy (non-hydrogen) atoms. The lowest BCUT2D eigenvalue weighted by Gasteiger charge is -2.14. The first-order valence-corrected chi connectivity index (χ1v) is 13.9. The van der Waals surface area contributed by atoms with E-state index in [2.05, 4.69) is 0 Å². The summed E-state index contributed by atoms with van der Waals surface area (Å²) in [6.45, 7) is 0.0247. The van der Waals surface area contributed by atoms with Crippen LogP contribution in [0.4, 0.5) is 4.79 Å². The van der Waals surface area contributed by atoms with E-state index in [1.807, 2.05) is 0 Å². The summed E-state index contributed by atoms with van der Waals surface area (Å²) in [5.41, 5.74) is 1.03. The minimum Gasteiger partial charge on any atom is -0.497 e. The second-order valence-electron chi connectivity index (χ2n) is 8.19. The Bertz CT molecular complexity index is 1600. The van der Waals surface area contributed by atoms with Crippen molar-refractivity contribution in [3.8, 4) is 28.7 Å². The zero-order valence-corrected chi connectivity index (χ0v) is 22.9. The van der Waals surface area contributed by atoms with Crippen molar-refractivity contribution >= 4 is 50.7 Å². The molecule has 2 aliphatic rings. The van der Waals surface area contributed by atoms with Crippen LogP contribution in [-0.4, -0.2) is 45.5 Å². The van der Waals surface area contributed by atoms with Crippen LogP contribution in [0.1, 0.15) is 11.1 Å². The van der Waals surface area contributed by atoms with Crippen molar-refractivity contribution in [3.63, 3.8) is 0 Å². The molecular weight excluding hydrogens is 570 g/mol. The highest BCUT2D eigenvalue weighted by Crippen LogP contribution is 2.40. The SMILES string of the molecule is COc1ccc(S(=O)(=O)Oc2ccc(/C=C3\SC(=O)N(Cc4cc5c(cc4Cl)OCO5)C3=O)cc2OC)cc1. The molecule has 2 heterocycles. The molecule has 202 valence electrons. The van der Waals surface area contributed by atoms with Crippen molar-refractivity contribution < 1.29 is 41.1 Å². The second kappa shape index (κ2) is 10.7. The molecule has 5 rings (SSSR count). The maximum Gasteiger partial charge on any atom is 0.339 e. The number of carbonyl (C=O) groups is 2. The van der Waals surface area contributed by atoms with Crippen LogP contribution in [0.3, 0.4) is 0 Å². The molecular formula is C26H20ClNO9S2. The number of thioether (sulfide) groups is 1. The maximum atomic E-state index is 13.1. The lowest BCUT2D eigenvalue weighted by atomic mass is 10.1. The van der Waals surface area contributed by atoms with Crippen molar-refractivity contribution in [2.45, 2.75) is 11.4 Å². The highest BCUT2D eigenvalue weighted by molar-refractivity contribution is 8.18.